The maximum atomic E-state index is 12.5. The van der Waals surface area contributed by atoms with Gasteiger partial charge in [0.2, 0.25) is 0 Å². The van der Waals surface area contributed by atoms with E-state index in [0.29, 0.717) is 24.1 Å². The van der Waals surface area contributed by atoms with Gasteiger partial charge in [0.05, 0.1) is 34.4 Å². The van der Waals surface area contributed by atoms with Crippen LogP contribution in [0.15, 0.2) is 12.2 Å². The van der Waals surface area contributed by atoms with Gasteiger partial charge in [0, 0.05) is 13.0 Å². The Balaban J connectivity index is 4.04. The van der Waals surface area contributed by atoms with Crippen LogP contribution in [0.1, 0.15) is 174 Å². The number of phosphoric ester groups is 1. The molecule has 0 aromatic carbocycles. The van der Waals surface area contributed by atoms with Gasteiger partial charge in [-0.05, 0) is 38.5 Å². The fourth-order valence-electron chi connectivity index (χ4n) is 5.43. The Labute approximate surface area is 297 Å². The van der Waals surface area contributed by atoms with Crippen LogP contribution in [0.5, 0.6) is 0 Å². The molecule has 0 spiro atoms. The molecular formula is C39H79NO7P+. The summed E-state index contributed by atoms with van der Waals surface area (Å²) in [6, 6.07) is 0. The molecule has 0 heterocycles. The number of rotatable bonds is 37. The molecule has 0 aromatic heterocycles. The van der Waals surface area contributed by atoms with Gasteiger partial charge in [-0.15, -0.1) is 0 Å². The zero-order valence-corrected chi connectivity index (χ0v) is 33.1. The smallest absolute Gasteiger partial charge is 0.457 e. The lowest BCUT2D eigenvalue weighted by molar-refractivity contribution is -0.870. The lowest BCUT2D eigenvalue weighted by Crippen LogP contribution is -2.37. The average Bonchev–Trinajstić information content (AvgIpc) is 3.03. The summed E-state index contributed by atoms with van der Waals surface area (Å²) in [5.41, 5.74) is 0. The van der Waals surface area contributed by atoms with Crippen molar-refractivity contribution in [1.29, 1.82) is 0 Å². The van der Waals surface area contributed by atoms with Gasteiger partial charge in [-0.1, -0.05) is 142 Å². The Morgan fingerprint density at radius 1 is 0.625 bits per heavy atom. The van der Waals surface area contributed by atoms with Gasteiger partial charge in [-0.2, -0.15) is 0 Å². The van der Waals surface area contributed by atoms with Gasteiger partial charge in [-0.3, -0.25) is 13.8 Å². The number of hydrogen-bond donors (Lipinski definition) is 1. The predicted octanol–water partition coefficient (Wildman–Crippen LogP) is 11.1. The number of nitrogens with zero attached hydrogens (tertiary/aromatic N) is 1. The molecule has 0 aromatic rings. The molecule has 1 N–H and O–H groups in total. The monoisotopic (exact) mass is 705 g/mol. The second-order valence-corrected chi connectivity index (χ2v) is 16.1. The second-order valence-electron chi connectivity index (χ2n) is 14.7. The van der Waals surface area contributed by atoms with Crippen molar-refractivity contribution in [2.75, 3.05) is 54.1 Å². The summed E-state index contributed by atoms with van der Waals surface area (Å²) in [7, 11) is 1.67. The molecule has 9 heteroatoms. The van der Waals surface area contributed by atoms with Crippen molar-refractivity contribution in [1.82, 2.24) is 0 Å². The zero-order valence-electron chi connectivity index (χ0n) is 32.2. The van der Waals surface area contributed by atoms with Gasteiger partial charge in [0.1, 0.15) is 19.3 Å². The summed E-state index contributed by atoms with van der Waals surface area (Å²) in [5, 5.41) is 0. The fraction of sp³-hybridized carbons (Fsp3) is 0.923. The molecule has 286 valence electrons. The van der Waals surface area contributed by atoms with Crippen molar-refractivity contribution in [3.63, 3.8) is 0 Å². The number of quaternary nitrogens is 1. The summed E-state index contributed by atoms with van der Waals surface area (Å²) in [5.74, 6) is -0.322. The van der Waals surface area contributed by atoms with Crippen LogP contribution in [0.25, 0.3) is 0 Å². The molecule has 0 amide bonds. The highest BCUT2D eigenvalue weighted by molar-refractivity contribution is 7.47. The summed E-state index contributed by atoms with van der Waals surface area (Å²) in [4.78, 5) is 22.6. The predicted molar refractivity (Wildman–Crippen MR) is 201 cm³/mol. The molecule has 0 aliphatic rings. The third kappa shape index (κ3) is 36.5. The van der Waals surface area contributed by atoms with Crippen LogP contribution in [-0.4, -0.2) is 75.6 Å². The first-order valence-corrected chi connectivity index (χ1v) is 21.4. The summed E-state index contributed by atoms with van der Waals surface area (Å²) in [6.07, 6.45) is 34.1. The average molecular weight is 705 g/mol. The third-order valence-corrected chi connectivity index (χ3v) is 9.56. The molecule has 0 saturated heterocycles. The lowest BCUT2D eigenvalue weighted by atomic mass is 10.1. The van der Waals surface area contributed by atoms with E-state index in [0.717, 1.165) is 32.1 Å². The second kappa shape index (κ2) is 33.4. The Morgan fingerprint density at radius 2 is 1.08 bits per heavy atom. The number of carbonyl (C=O) groups is 1. The first-order valence-electron chi connectivity index (χ1n) is 19.9. The van der Waals surface area contributed by atoms with Crippen LogP contribution in [0.3, 0.4) is 0 Å². The van der Waals surface area contributed by atoms with Gasteiger partial charge < -0.3 is 18.9 Å². The standard InChI is InChI=1S/C39H78NO7P/c1-6-8-10-12-14-15-16-17-18-19-20-21-22-23-24-25-26-27-29-31-34-44-36-38(47-39(41)32-30-28-13-11-9-7-2)37-46-48(42,43)45-35-33-40(3,4)5/h17-18,38H,6-16,19-37H2,1-5H3/p+1/b18-17-. The minimum atomic E-state index is -4.25. The van der Waals surface area contributed by atoms with E-state index in [4.69, 9.17) is 18.5 Å². The van der Waals surface area contributed by atoms with E-state index in [-0.39, 0.29) is 25.8 Å². The van der Waals surface area contributed by atoms with Crippen LogP contribution in [0.4, 0.5) is 0 Å². The maximum Gasteiger partial charge on any atom is 0.472 e. The van der Waals surface area contributed by atoms with Crippen molar-refractivity contribution >= 4 is 13.8 Å². The molecule has 2 unspecified atom stereocenters. The van der Waals surface area contributed by atoms with Crippen molar-refractivity contribution < 1.29 is 37.3 Å². The number of phosphoric acid groups is 1. The van der Waals surface area contributed by atoms with E-state index >= 15 is 0 Å². The van der Waals surface area contributed by atoms with Crippen LogP contribution in [0.2, 0.25) is 0 Å². The molecule has 8 nitrogen and oxygen atoms in total. The molecule has 0 rings (SSSR count). The molecular weight excluding hydrogens is 625 g/mol. The number of ether oxygens (including phenoxy) is 2. The molecule has 0 fully saturated rings. The molecule has 0 bridgehead atoms. The fourth-order valence-corrected chi connectivity index (χ4v) is 6.17. The minimum absolute atomic E-state index is 0.0908. The van der Waals surface area contributed by atoms with Crippen LogP contribution in [-0.2, 0) is 27.9 Å². The SMILES string of the molecule is CCCCCCCC/C=C\CCCCCCCCCCCCOCC(COP(=O)(O)OCC[N+](C)(C)C)OC(=O)CCCCCCCC. The van der Waals surface area contributed by atoms with Crippen molar-refractivity contribution in [3.05, 3.63) is 12.2 Å². The molecule has 48 heavy (non-hydrogen) atoms. The van der Waals surface area contributed by atoms with Gasteiger partial charge in [0.25, 0.3) is 0 Å². The molecule has 0 aliphatic heterocycles. The molecule has 0 saturated carbocycles. The van der Waals surface area contributed by atoms with Crippen LogP contribution < -0.4 is 0 Å². The largest absolute Gasteiger partial charge is 0.472 e. The topological polar surface area (TPSA) is 91.3 Å². The number of esters is 1. The van der Waals surface area contributed by atoms with Crippen LogP contribution >= 0.6 is 7.82 Å². The number of carbonyl (C=O) groups excluding carboxylic acids is 1. The number of hydrogen-bond acceptors (Lipinski definition) is 6. The van der Waals surface area contributed by atoms with Crippen molar-refractivity contribution in [2.24, 2.45) is 0 Å². The van der Waals surface area contributed by atoms with E-state index in [1.54, 1.807) is 0 Å². The summed E-state index contributed by atoms with van der Waals surface area (Å²) < 4.78 is 34.7. The minimum Gasteiger partial charge on any atom is -0.457 e. The van der Waals surface area contributed by atoms with Crippen LogP contribution in [0, 0.1) is 0 Å². The maximum absolute atomic E-state index is 12.5. The van der Waals surface area contributed by atoms with E-state index in [9.17, 15) is 14.3 Å². The molecule has 0 aliphatic carbocycles. The van der Waals surface area contributed by atoms with E-state index in [1.165, 1.54) is 122 Å². The Morgan fingerprint density at radius 3 is 1.58 bits per heavy atom. The highest BCUT2D eigenvalue weighted by Gasteiger charge is 2.26. The highest BCUT2D eigenvalue weighted by Crippen LogP contribution is 2.43. The molecule has 2 atom stereocenters. The van der Waals surface area contributed by atoms with Gasteiger partial charge >= 0.3 is 13.8 Å². The number of likely N-dealkylation sites (N-methyl/N-ethyl adjacent to an activating group) is 1. The van der Waals surface area contributed by atoms with Gasteiger partial charge in [-0.25, -0.2) is 4.57 Å². The Hall–Kier alpha value is -0.760. The normalized spacial score (nSPS) is 14.0. The Kier molecular flexibility index (Phi) is 32.9. The summed E-state index contributed by atoms with van der Waals surface area (Å²) in [6.45, 7) is 5.57. The zero-order chi connectivity index (χ0) is 35.6. The van der Waals surface area contributed by atoms with E-state index in [1.807, 2.05) is 21.1 Å². The Bertz CT molecular complexity index is 787. The lowest BCUT2D eigenvalue weighted by Gasteiger charge is -2.24. The number of unbranched alkanes of at least 4 members (excludes halogenated alkanes) is 21. The first-order chi connectivity index (χ1) is 23.1. The van der Waals surface area contributed by atoms with Crippen molar-refractivity contribution in [2.45, 2.75) is 180 Å². The van der Waals surface area contributed by atoms with Gasteiger partial charge in [0.15, 0.2) is 0 Å². The summed E-state index contributed by atoms with van der Waals surface area (Å²) >= 11 is 0. The van der Waals surface area contributed by atoms with E-state index < -0.39 is 13.9 Å². The highest BCUT2D eigenvalue weighted by atomic mass is 31.2. The quantitative estimate of drug-likeness (QED) is 0.0226. The third-order valence-electron chi connectivity index (χ3n) is 8.58. The number of allylic oxidation sites excluding steroid dienone is 2. The first kappa shape index (κ1) is 47.2. The molecule has 0 radical (unpaired) electrons. The van der Waals surface area contributed by atoms with E-state index in [2.05, 4.69) is 26.0 Å². The van der Waals surface area contributed by atoms with Crippen molar-refractivity contribution in [3.8, 4) is 0 Å².